The smallest absolute Gasteiger partial charge is 0.306 e. The van der Waals surface area contributed by atoms with Crippen LogP contribution in [0.5, 0.6) is 0 Å². The summed E-state index contributed by atoms with van der Waals surface area (Å²) in [5, 5.41) is 8.63. The van der Waals surface area contributed by atoms with Crippen molar-refractivity contribution in [2.75, 3.05) is 6.54 Å². The Morgan fingerprint density at radius 2 is 2.22 bits per heavy atom. The van der Waals surface area contributed by atoms with Crippen LogP contribution in [0.15, 0.2) is 23.4 Å². The highest BCUT2D eigenvalue weighted by atomic mass is 32.2. The minimum Gasteiger partial charge on any atom is -0.481 e. The highest BCUT2D eigenvalue weighted by Crippen LogP contribution is 2.09. The first-order valence-corrected chi connectivity index (χ1v) is 6.64. The number of hydrogen-bond acceptors (Lipinski definition) is 4. The Balaban J connectivity index is 2.64. The number of pyridine rings is 1. The minimum absolute atomic E-state index is 0.0354. The van der Waals surface area contributed by atoms with Gasteiger partial charge < -0.3 is 5.11 Å². The first kappa shape index (κ1) is 14.5. The van der Waals surface area contributed by atoms with Gasteiger partial charge in [0.25, 0.3) is 0 Å². The van der Waals surface area contributed by atoms with Gasteiger partial charge in [0.2, 0.25) is 10.0 Å². The van der Waals surface area contributed by atoms with E-state index in [2.05, 4.69) is 9.71 Å². The lowest BCUT2D eigenvalue weighted by Gasteiger charge is -2.08. The SMILES string of the molecule is CC(CCNS(=O)(=O)c1cncc(F)c1)C(=O)O. The summed E-state index contributed by atoms with van der Waals surface area (Å²) in [7, 11) is -3.85. The van der Waals surface area contributed by atoms with E-state index in [1.807, 2.05) is 0 Å². The number of rotatable bonds is 6. The molecular weight excluding hydrogens is 263 g/mol. The number of halogens is 1. The molecule has 18 heavy (non-hydrogen) atoms. The Bertz CT molecular complexity index is 532. The largest absolute Gasteiger partial charge is 0.481 e. The van der Waals surface area contributed by atoms with Gasteiger partial charge in [-0.15, -0.1) is 0 Å². The van der Waals surface area contributed by atoms with Crippen molar-refractivity contribution in [3.05, 3.63) is 24.3 Å². The van der Waals surface area contributed by atoms with Crippen molar-refractivity contribution in [2.24, 2.45) is 5.92 Å². The molecule has 0 radical (unpaired) electrons. The first-order chi connectivity index (χ1) is 8.33. The Hall–Kier alpha value is -1.54. The van der Waals surface area contributed by atoms with Crippen molar-refractivity contribution in [3.63, 3.8) is 0 Å². The highest BCUT2D eigenvalue weighted by molar-refractivity contribution is 7.89. The van der Waals surface area contributed by atoms with E-state index in [-0.39, 0.29) is 17.9 Å². The van der Waals surface area contributed by atoms with Gasteiger partial charge in [-0.2, -0.15) is 0 Å². The molecule has 1 unspecified atom stereocenters. The molecule has 2 N–H and O–H groups in total. The molecule has 8 heteroatoms. The fraction of sp³-hybridized carbons (Fsp3) is 0.400. The second-order valence-corrected chi connectivity index (χ2v) is 5.53. The normalized spacial score (nSPS) is 13.2. The molecule has 1 atom stereocenters. The van der Waals surface area contributed by atoms with E-state index in [1.54, 1.807) is 0 Å². The fourth-order valence-electron chi connectivity index (χ4n) is 1.16. The van der Waals surface area contributed by atoms with Gasteiger partial charge in [0.15, 0.2) is 0 Å². The molecule has 0 fully saturated rings. The third-order valence-corrected chi connectivity index (χ3v) is 3.71. The van der Waals surface area contributed by atoms with Crippen molar-refractivity contribution >= 4 is 16.0 Å². The zero-order chi connectivity index (χ0) is 13.8. The molecule has 0 aliphatic heterocycles. The maximum Gasteiger partial charge on any atom is 0.306 e. The van der Waals surface area contributed by atoms with Crippen LogP contribution in [0.4, 0.5) is 4.39 Å². The van der Waals surface area contributed by atoms with Crippen molar-refractivity contribution in [3.8, 4) is 0 Å². The second kappa shape index (κ2) is 5.87. The molecule has 0 aliphatic rings. The number of nitrogens with one attached hydrogen (secondary N) is 1. The molecule has 0 amide bonds. The Kier molecular flexibility index (Phi) is 4.74. The van der Waals surface area contributed by atoms with Crippen LogP contribution in [0.3, 0.4) is 0 Å². The number of nitrogens with zero attached hydrogens (tertiary/aromatic N) is 1. The zero-order valence-electron chi connectivity index (χ0n) is 9.63. The monoisotopic (exact) mass is 276 g/mol. The van der Waals surface area contributed by atoms with Crippen LogP contribution in [0.2, 0.25) is 0 Å². The lowest BCUT2D eigenvalue weighted by atomic mass is 10.1. The number of hydrogen-bond donors (Lipinski definition) is 2. The Morgan fingerprint density at radius 1 is 1.56 bits per heavy atom. The molecule has 100 valence electrons. The molecular formula is C10H13FN2O4S. The van der Waals surface area contributed by atoms with Crippen LogP contribution in [0, 0.1) is 11.7 Å². The third kappa shape index (κ3) is 4.04. The van der Waals surface area contributed by atoms with Crippen molar-refractivity contribution in [1.82, 2.24) is 9.71 Å². The summed E-state index contributed by atoms with van der Waals surface area (Å²) in [4.78, 5) is 13.7. The molecule has 1 aromatic heterocycles. The second-order valence-electron chi connectivity index (χ2n) is 3.76. The number of carbonyl (C=O) groups is 1. The average Bonchev–Trinajstić information content (AvgIpc) is 2.28. The number of aromatic nitrogens is 1. The van der Waals surface area contributed by atoms with E-state index < -0.39 is 27.7 Å². The highest BCUT2D eigenvalue weighted by Gasteiger charge is 2.16. The molecule has 6 nitrogen and oxygen atoms in total. The molecule has 1 heterocycles. The maximum atomic E-state index is 12.8. The molecule has 0 spiro atoms. The van der Waals surface area contributed by atoms with E-state index in [0.717, 1.165) is 18.5 Å². The van der Waals surface area contributed by atoms with Gasteiger partial charge in [0.05, 0.1) is 12.1 Å². The van der Waals surface area contributed by atoms with E-state index in [1.165, 1.54) is 6.92 Å². The molecule has 0 saturated heterocycles. The number of aliphatic carboxylic acids is 1. The standard InChI is InChI=1S/C10H13FN2O4S/c1-7(10(14)15)2-3-13-18(16,17)9-4-8(11)5-12-6-9/h4-7,13H,2-3H2,1H3,(H,14,15). The van der Waals surface area contributed by atoms with Gasteiger partial charge in [-0.05, 0) is 12.5 Å². The average molecular weight is 276 g/mol. The van der Waals surface area contributed by atoms with E-state index in [0.29, 0.717) is 0 Å². The van der Waals surface area contributed by atoms with Crippen molar-refractivity contribution in [1.29, 1.82) is 0 Å². The fourth-order valence-corrected chi connectivity index (χ4v) is 2.18. The summed E-state index contributed by atoms with van der Waals surface area (Å²) < 4.78 is 38.4. The van der Waals surface area contributed by atoms with Crippen LogP contribution >= 0.6 is 0 Å². The van der Waals surface area contributed by atoms with Crippen LogP contribution in [0.1, 0.15) is 13.3 Å². The molecule has 0 aromatic carbocycles. The van der Waals surface area contributed by atoms with Gasteiger partial charge in [-0.25, -0.2) is 17.5 Å². The Labute approximate surface area is 104 Å². The summed E-state index contributed by atoms with van der Waals surface area (Å²) in [6.45, 7) is 1.44. The number of carboxylic acid groups (broad SMARTS) is 1. The van der Waals surface area contributed by atoms with E-state index >= 15 is 0 Å². The molecule has 0 bridgehead atoms. The van der Waals surface area contributed by atoms with Gasteiger partial charge in [-0.3, -0.25) is 9.78 Å². The predicted molar refractivity (Wildman–Crippen MR) is 60.8 cm³/mol. The zero-order valence-corrected chi connectivity index (χ0v) is 10.4. The lowest BCUT2D eigenvalue weighted by Crippen LogP contribution is -2.27. The minimum atomic E-state index is -3.85. The van der Waals surface area contributed by atoms with Gasteiger partial charge in [0, 0.05) is 12.7 Å². The summed E-state index contributed by atoms with van der Waals surface area (Å²) in [5.74, 6) is -2.41. The van der Waals surface area contributed by atoms with E-state index in [9.17, 15) is 17.6 Å². The van der Waals surface area contributed by atoms with Crippen LogP contribution in [0.25, 0.3) is 0 Å². The number of sulfonamides is 1. The summed E-state index contributed by atoms with van der Waals surface area (Å²) in [5.41, 5.74) is 0. The Morgan fingerprint density at radius 3 is 2.78 bits per heavy atom. The van der Waals surface area contributed by atoms with Gasteiger partial charge in [-0.1, -0.05) is 6.92 Å². The summed E-state index contributed by atoms with van der Waals surface area (Å²) >= 11 is 0. The third-order valence-electron chi connectivity index (χ3n) is 2.28. The quantitative estimate of drug-likeness (QED) is 0.793. The van der Waals surface area contributed by atoms with Crippen LogP contribution in [-0.4, -0.2) is 31.0 Å². The van der Waals surface area contributed by atoms with Crippen LogP contribution < -0.4 is 4.72 Å². The first-order valence-electron chi connectivity index (χ1n) is 5.16. The molecule has 0 aliphatic carbocycles. The lowest BCUT2D eigenvalue weighted by molar-refractivity contribution is -0.141. The summed E-state index contributed by atoms with van der Waals surface area (Å²) in [6, 6.07) is 0.843. The predicted octanol–water partition coefficient (Wildman–Crippen LogP) is 0.610. The molecule has 1 aromatic rings. The van der Waals surface area contributed by atoms with Gasteiger partial charge in [0.1, 0.15) is 10.7 Å². The van der Waals surface area contributed by atoms with Gasteiger partial charge >= 0.3 is 5.97 Å². The maximum absolute atomic E-state index is 12.8. The van der Waals surface area contributed by atoms with Crippen LogP contribution in [-0.2, 0) is 14.8 Å². The topological polar surface area (TPSA) is 96.4 Å². The summed E-state index contributed by atoms with van der Waals surface area (Å²) in [6.07, 6.45) is 2.06. The van der Waals surface area contributed by atoms with Crippen molar-refractivity contribution < 1.29 is 22.7 Å². The van der Waals surface area contributed by atoms with E-state index in [4.69, 9.17) is 5.11 Å². The number of carboxylic acids is 1. The molecule has 1 rings (SSSR count). The molecule has 0 saturated carbocycles. The van der Waals surface area contributed by atoms with Crippen molar-refractivity contribution in [2.45, 2.75) is 18.2 Å².